The van der Waals surface area contributed by atoms with Crippen LogP contribution in [-0.4, -0.2) is 28.2 Å². The molecule has 0 spiro atoms. The molecule has 2 rings (SSSR count). The summed E-state index contributed by atoms with van der Waals surface area (Å²) in [6.45, 7) is 2.42. The molecule has 6 nitrogen and oxygen atoms in total. The largest absolute Gasteiger partial charge is 0.411 e. The van der Waals surface area contributed by atoms with Gasteiger partial charge in [-0.15, -0.1) is 0 Å². The number of hydrogen-bond donors (Lipinski definition) is 2. The monoisotopic (exact) mass is 304 g/mol. The van der Waals surface area contributed by atoms with Gasteiger partial charge in [0.15, 0.2) is 0 Å². The van der Waals surface area contributed by atoms with Gasteiger partial charge in [0.05, 0.1) is 17.1 Å². The van der Waals surface area contributed by atoms with Crippen molar-refractivity contribution in [3.8, 4) is 0 Å². The number of nitro groups is 1. The molecular formula is C12H15F3N4O2. The molecule has 1 aliphatic carbocycles. The fourth-order valence-corrected chi connectivity index (χ4v) is 1.88. The van der Waals surface area contributed by atoms with Crippen molar-refractivity contribution < 1.29 is 18.1 Å². The lowest BCUT2D eigenvalue weighted by Gasteiger charge is -2.21. The molecule has 0 aromatic carbocycles. The van der Waals surface area contributed by atoms with E-state index in [-0.39, 0.29) is 30.2 Å². The van der Waals surface area contributed by atoms with Crippen molar-refractivity contribution in [2.45, 2.75) is 37.9 Å². The van der Waals surface area contributed by atoms with Crippen LogP contribution in [0.4, 0.5) is 30.5 Å². The lowest BCUT2D eigenvalue weighted by Crippen LogP contribution is -2.39. The molecular weight excluding hydrogens is 289 g/mol. The maximum absolute atomic E-state index is 12.9. The summed E-state index contributed by atoms with van der Waals surface area (Å²) in [5.74, 6) is 0.0455. The van der Waals surface area contributed by atoms with Crippen LogP contribution in [0.1, 0.15) is 26.2 Å². The minimum Gasteiger partial charge on any atom is -0.370 e. The van der Waals surface area contributed by atoms with Gasteiger partial charge in [-0.25, -0.2) is 4.98 Å². The van der Waals surface area contributed by atoms with Crippen molar-refractivity contribution in [1.82, 2.24) is 4.98 Å². The Morgan fingerprint density at radius 3 is 2.48 bits per heavy atom. The fourth-order valence-electron chi connectivity index (χ4n) is 1.88. The van der Waals surface area contributed by atoms with E-state index in [1.54, 1.807) is 0 Å². The van der Waals surface area contributed by atoms with Crippen molar-refractivity contribution in [1.29, 1.82) is 0 Å². The summed E-state index contributed by atoms with van der Waals surface area (Å²) in [5.41, 5.74) is -2.30. The number of pyridine rings is 1. The van der Waals surface area contributed by atoms with Crippen LogP contribution in [-0.2, 0) is 0 Å². The molecule has 1 heterocycles. The molecule has 0 amide bonds. The summed E-state index contributed by atoms with van der Waals surface area (Å²) in [6, 6.07) is 2.22. The van der Waals surface area contributed by atoms with Crippen LogP contribution in [0, 0.1) is 10.1 Å². The zero-order valence-electron chi connectivity index (χ0n) is 11.3. The Morgan fingerprint density at radius 1 is 1.38 bits per heavy atom. The molecule has 0 aliphatic heterocycles. The normalized spacial score (nSPS) is 16.4. The topological polar surface area (TPSA) is 80.1 Å². The van der Waals surface area contributed by atoms with Gasteiger partial charge in [-0.3, -0.25) is 10.1 Å². The van der Waals surface area contributed by atoms with Crippen LogP contribution in [0.3, 0.4) is 0 Å². The van der Waals surface area contributed by atoms with Crippen molar-refractivity contribution in [2.75, 3.05) is 17.2 Å². The first-order valence-electron chi connectivity index (χ1n) is 6.53. The minimum atomic E-state index is -4.41. The van der Waals surface area contributed by atoms with Crippen molar-refractivity contribution in [3.63, 3.8) is 0 Å². The third kappa shape index (κ3) is 3.34. The average Bonchev–Trinajstić information content (AvgIpc) is 3.16. The van der Waals surface area contributed by atoms with Gasteiger partial charge in [-0.2, -0.15) is 13.2 Å². The van der Waals surface area contributed by atoms with Crippen LogP contribution in [0.15, 0.2) is 12.1 Å². The van der Waals surface area contributed by atoms with Gasteiger partial charge in [0.2, 0.25) is 0 Å². The molecule has 116 valence electrons. The van der Waals surface area contributed by atoms with E-state index in [9.17, 15) is 23.3 Å². The van der Waals surface area contributed by atoms with E-state index < -0.39 is 16.6 Å². The van der Waals surface area contributed by atoms with Crippen molar-refractivity contribution in [3.05, 3.63) is 22.2 Å². The van der Waals surface area contributed by atoms with Crippen LogP contribution in [0.25, 0.3) is 0 Å². The lowest BCUT2D eigenvalue weighted by molar-refractivity contribution is -0.384. The Bertz CT molecular complexity index is 544. The molecule has 0 unspecified atom stereocenters. The fraction of sp³-hybridized carbons (Fsp3) is 0.583. The number of nitrogens with zero attached hydrogens (tertiary/aromatic N) is 2. The highest BCUT2D eigenvalue weighted by Gasteiger charge is 2.63. The average molecular weight is 304 g/mol. The van der Waals surface area contributed by atoms with Gasteiger partial charge in [0.25, 0.3) is 5.69 Å². The first-order valence-corrected chi connectivity index (χ1v) is 6.53. The molecule has 1 aliphatic rings. The van der Waals surface area contributed by atoms with E-state index in [1.165, 1.54) is 6.07 Å². The standard InChI is InChI=1S/C12H15F3N4O2/c1-2-5-16-9-6-8(19(20)21)7-10(17-9)18-11(3-4-11)12(13,14)15/h6-7H,2-5H2,1H3,(H2,16,17,18). The molecule has 0 atom stereocenters. The van der Waals surface area contributed by atoms with Gasteiger partial charge in [0.1, 0.15) is 17.2 Å². The van der Waals surface area contributed by atoms with Gasteiger partial charge in [-0.05, 0) is 19.3 Å². The molecule has 1 saturated carbocycles. The highest BCUT2D eigenvalue weighted by molar-refractivity contribution is 5.56. The van der Waals surface area contributed by atoms with Gasteiger partial charge < -0.3 is 10.6 Å². The van der Waals surface area contributed by atoms with E-state index in [4.69, 9.17) is 0 Å². The summed E-state index contributed by atoms with van der Waals surface area (Å²) in [7, 11) is 0. The Balaban J connectivity index is 2.26. The number of hydrogen-bond acceptors (Lipinski definition) is 5. The quantitative estimate of drug-likeness (QED) is 0.622. The second-order valence-electron chi connectivity index (χ2n) is 4.98. The third-order valence-corrected chi connectivity index (χ3v) is 3.24. The minimum absolute atomic E-state index is 0.0570. The van der Waals surface area contributed by atoms with E-state index in [1.807, 2.05) is 6.92 Å². The molecule has 1 fully saturated rings. The first kappa shape index (κ1) is 15.3. The van der Waals surface area contributed by atoms with Crippen LogP contribution in [0.5, 0.6) is 0 Å². The second-order valence-corrected chi connectivity index (χ2v) is 4.98. The second kappa shape index (κ2) is 5.38. The number of rotatable bonds is 6. The molecule has 21 heavy (non-hydrogen) atoms. The molecule has 1 aromatic heterocycles. The summed E-state index contributed by atoms with van der Waals surface area (Å²) in [5, 5.41) is 16.0. The van der Waals surface area contributed by atoms with Crippen LogP contribution >= 0.6 is 0 Å². The highest BCUT2D eigenvalue weighted by Crippen LogP contribution is 2.51. The van der Waals surface area contributed by atoms with Gasteiger partial charge >= 0.3 is 6.18 Å². The Kier molecular flexibility index (Phi) is 3.93. The predicted molar refractivity (Wildman–Crippen MR) is 71.3 cm³/mol. The van der Waals surface area contributed by atoms with Crippen LogP contribution < -0.4 is 10.6 Å². The Hall–Kier alpha value is -2.06. The molecule has 0 bridgehead atoms. The number of aromatic nitrogens is 1. The first-order chi connectivity index (χ1) is 9.77. The maximum Gasteiger partial charge on any atom is 0.411 e. The van der Waals surface area contributed by atoms with Crippen molar-refractivity contribution >= 4 is 17.3 Å². The third-order valence-electron chi connectivity index (χ3n) is 3.24. The van der Waals surface area contributed by atoms with Gasteiger partial charge in [0, 0.05) is 6.54 Å². The van der Waals surface area contributed by atoms with Gasteiger partial charge in [-0.1, -0.05) is 6.92 Å². The molecule has 2 N–H and O–H groups in total. The number of nitrogens with one attached hydrogen (secondary N) is 2. The molecule has 0 saturated heterocycles. The Labute approximate surface area is 118 Å². The molecule has 9 heteroatoms. The lowest BCUT2D eigenvalue weighted by atomic mass is 10.2. The summed E-state index contributed by atoms with van der Waals surface area (Å²) in [6.07, 6.45) is -3.76. The molecule has 0 radical (unpaired) electrons. The smallest absolute Gasteiger partial charge is 0.370 e. The maximum atomic E-state index is 12.9. The summed E-state index contributed by atoms with van der Waals surface area (Å²) < 4.78 is 38.7. The van der Waals surface area contributed by atoms with E-state index >= 15 is 0 Å². The summed E-state index contributed by atoms with van der Waals surface area (Å²) >= 11 is 0. The summed E-state index contributed by atoms with van der Waals surface area (Å²) in [4.78, 5) is 14.2. The van der Waals surface area contributed by atoms with E-state index in [0.29, 0.717) is 6.54 Å². The van der Waals surface area contributed by atoms with Crippen LogP contribution in [0.2, 0.25) is 0 Å². The Morgan fingerprint density at radius 2 is 2.00 bits per heavy atom. The zero-order valence-corrected chi connectivity index (χ0v) is 11.3. The SMILES string of the molecule is CCCNc1cc([N+](=O)[O-])cc(NC2(C(F)(F)F)CC2)n1. The highest BCUT2D eigenvalue weighted by atomic mass is 19.4. The van der Waals surface area contributed by atoms with E-state index in [0.717, 1.165) is 12.5 Å². The predicted octanol–water partition coefficient (Wildman–Crippen LogP) is 3.32. The van der Waals surface area contributed by atoms with E-state index in [2.05, 4.69) is 15.6 Å². The van der Waals surface area contributed by atoms with Crippen molar-refractivity contribution in [2.24, 2.45) is 0 Å². The number of alkyl halides is 3. The zero-order chi connectivity index (χ0) is 15.7. The number of anilines is 2. The number of halogens is 3. The molecule has 1 aromatic rings.